The van der Waals surface area contributed by atoms with Crippen LogP contribution in [0, 0.1) is 13.8 Å². The standard InChI is InChI=1S/C9H15N/c1-7(2)10-8(3)5-6-9(10)4/h5-7H,1-4H3/i1D3. The van der Waals surface area contributed by atoms with Gasteiger partial charge in [-0.3, -0.25) is 0 Å². The van der Waals surface area contributed by atoms with Crippen LogP contribution in [0.15, 0.2) is 12.1 Å². The topological polar surface area (TPSA) is 4.93 Å². The van der Waals surface area contributed by atoms with E-state index in [9.17, 15) is 0 Å². The smallest absolute Gasteiger partial charge is 0.0279 e. The second-order valence-corrected chi connectivity index (χ2v) is 2.66. The molecule has 0 spiro atoms. The molecule has 56 valence electrons. The molecule has 0 saturated carbocycles. The highest BCUT2D eigenvalue weighted by Crippen LogP contribution is 2.13. The highest BCUT2D eigenvalue weighted by atomic mass is 15.0. The van der Waals surface area contributed by atoms with Gasteiger partial charge < -0.3 is 4.57 Å². The van der Waals surface area contributed by atoms with Gasteiger partial charge in [-0.25, -0.2) is 0 Å². The molecule has 1 nitrogen and oxygen atoms in total. The maximum Gasteiger partial charge on any atom is 0.0279 e. The molecule has 0 aliphatic heterocycles. The van der Waals surface area contributed by atoms with Crippen molar-refractivity contribution in [2.75, 3.05) is 0 Å². The van der Waals surface area contributed by atoms with Gasteiger partial charge in [-0.05, 0) is 39.8 Å². The maximum absolute atomic E-state index is 7.32. The van der Waals surface area contributed by atoms with Crippen LogP contribution in [-0.4, -0.2) is 4.57 Å². The molecule has 0 amide bonds. The molecule has 0 aliphatic carbocycles. The molecule has 1 heteroatoms. The lowest BCUT2D eigenvalue weighted by atomic mass is 10.3. The largest absolute Gasteiger partial charge is 0.347 e. The van der Waals surface area contributed by atoms with Gasteiger partial charge in [0.2, 0.25) is 0 Å². The van der Waals surface area contributed by atoms with Gasteiger partial charge >= 0.3 is 0 Å². The zero-order valence-electron chi connectivity index (χ0n) is 9.68. The van der Waals surface area contributed by atoms with Crippen molar-refractivity contribution in [1.82, 2.24) is 4.57 Å². The van der Waals surface area contributed by atoms with Crippen LogP contribution in [0.25, 0.3) is 0 Å². The summed E-state index contributed by atoms with van der Waals surface area (Å²) in [5.41, 5.74) is 2.00. The molecule has 1 atom stereocenters. The first kappa shape index (κ1) is 4.22. The molecular formula is C9H15N. The Hall–Kier alpha value is -0.720. The van der Waals surface area contributed by atoms with E-state index in [0.29, 0.717) is 0 Å². The van der Waals surface area contributed by atoms with E-state index in [4.69, 9.17) is 4.11 Å². The summed E-state index contributed by atoms with van der Waals surface area (Å²) in [5.74, 6) is 0. The molecule has 10 heavy (non-hydrogen) atoms. The van der Waals surface area contributed by atoms with Gasteiger partial charge in [-0.1, -0.05) is 0 Å². The molecule has 1 rings (SSSR count). The summed E-state index contributed by atoms with van der Waals surface area (Å²) in [4.78, 5) is 0. The Bertz CT molecular complexity index is 279. The average molecular weight is 140 g/mol. The molecule has 1 heterocycles. The van der Waals surface area contributed by atoms with Gasteiger partial charge in [-0.2, -0.15) is 0 Å². The van der Waals surface area contributed by atoms with Crippen molar-refractivity contribution in [1.29, 1.82) is 0 Å². The van der Waals surface area contributed by atoms with Crippen molar-refractivity contribution < 1.29 is 4.11 Å². The van der Waals surface area contributed by atoms with Crippen molar-refractivity contribution >= 4 is 0 Å². The first-order chi connectivity index (χ1) is 5.84. The van der Waals surface area contributed by atoms with Crippen LogP contribution in [0.4, 0.5) is 0 Å². The summed E-state index contributed by atoms with van der Waals surface area (Å²) < 4.78 is 23.8. The van der Waals surface area contributed by atoms with Crippen molar-refractivity contribution in [2.24, 2.45) is 0 Å². The average Bonchev–Trinajstić information content (AvgIpc) is 2.28. The number of rotatable bonds is 1. The zero-order chi connectivity index (χ0) is 10.2. The summed E-state index contributed by atoms with van der Waals surface area (Å²) >= 11 is 0. The minimum atomic E-state index is -1.92. The van der Waals surface area contributed by atoms with E-state index >= 15 is 0 Å². The van der Waals surface area contributed by atoms with Gasteiger partial charge in [0.25, 0.3) is 0 Å². The predicted molar refractivity (Wildman–Crippen MR) is 44.3 cm³/mol. The molecule has 0 saturated heterocycles. The van der Waals surface area contributed by atoms with E-state index in [-0.39, 0.29) is 0 Å². The fourth-order valence-corrected chi connectivity index (χ4v) is 1.29. The maximum atomic E-state index is 7.32. The van der Waals surface area contributed by atoms with Crippen LogP contribution in [0.1, 0.15) is 35.3 Å². The molecule has 0 radical (unpaired) electrons. The molecule has 1 aromatic rings. The van der Waals surface area contributed by atoms with Crippen LogP contribution < -0.4 is 0 Å². The number of nitrogens with zero attached hydrogens (tertiary/aromatic N) is 1. The van der Waals surface area contributed by atoms with Crippen molar-refractivity contribution in [2.45, 2.75) is 33.7 Å². The van der Waals surface area contributed by atoms with Gasteiger partial charge in [0.05, 0.1) is 0 Å². The van der Waals surface area contributed by atoms with E-state index in [2.05, 4.69) is 0 Å². The van der Waals surface area contributed by atoms with Crippen LogP contribution in [0.2, 0.25) is 0 Å². The summed E-state index contributed by atoms with van der Waals surface area (Å²) in [5, 5.41) is 0. The normalized spacial score (nSPS) is 19.3. The molecule has 0 aliphatic rings. The molecule has 1 aromatic heterocycles. The Morgan fingerprint density at radius 1 is 1.40 bits per heavy atom. The molecule has 0 N–H and O–H groups in total. The Morgan fingerprint density at radius 3 is 2.30 bits per heavy atom. The van der Waals surface area contributed by atoms with E-state index in [1.54, 1.807) is 6.92 Å². The van der Waals surface area contributed by atoms with Gasteiger partial charge in [0.1, 0.15) is 0 Å². The number of aromatic nitrogens is 1. The van der Waals surface area contributed by atoms with E-state index in [1.807, 2.05) is 30.5 Å². The van der Waals surface area contributed by atoms with E-state index < -0.39 is 12.9 Å². The third-order valence-corrected chi connectivity index (χ3v) is 1.71. The Kier molecular flexibility index (Phi) is 1.05. The SMILES string of the molecule is [2H]C([2H])([2H])C(C)n1c(C)ccc1C. The van der Waals surface area contributed by atoms with E-state index in [0.717, 1.165) is 11.4 Å². The number of aryl methyl sites for hydroxylation is 2. The lowest BCUT2D eigenvalue weighted by molar-refractivity contribution is 0.575. The second-order valence-electron chi connectivity index (χ2n) is 2.66. The third kappa shape index (κ3) is 1.08. The van der Waals surface area contributed by atoms with Crippen LogP contribution in [0.3, 0.4) is 0 Å². The minimum absolute atomic E-state index is 0.442. The van der Waals surface area contributed by atoms with Crippen LogP contribution >= 0.6 is 0 Å². The number of hydrogen-bond donors (Lipinski definition) is 0. The fourth-order valence-electron chi connectivity index (χ4n) is 1.29. The predicted octanol–water partition coefficient (Wildman–Crippen LogP) is 2.69. The van der Waals surface area contributed by atoms with Crippen molar-refractivity contribution in [3.63, 3.8) is 0 Å². The fraction of sp³-hybridized carbons (Fsp3) is 0.556. The van der Waals surface area contributed by atoms with Gasteiger partial charge in [-0.15, -0.1) is 0 Å². The summed E-state index contributed by atoms with van der Waals surface area (Å²) in [6, 6.07) is 3.44. The zero-order valence-corrected chi connectivity index (χ0v) is 6.68. The first-order valence-electron chi connectivity index (χ1n) is 4.98. The lowest BCUT2D eigenvalue weighted by Crippen LogP contribution is -2.03. The summed E-state index contributed by atoms with van der Waals surface area (Å²) in [7, 11) is 0. The molecular weight excluding hydrogens is 122 g/mol. The van der Waals surface area contributed by atoms with Crippen LogP contribution in [0.5, 0.6) is 0 Å². The van der Waals surface area contributed by atoms with Gasteiger partial charge in [0.15, 0.2) is 0 Å². The number of hydrogen-bond acceptors (Lipinski definition) is 0. The third-order valence-electron chi connectivity index (χ3n) is 1.71. The molecule has 0 fully saturated rings. The quantitative estimate of drug-likeness (QED) is 0.565. The minimum Gasteiger partial charge on any atom is -0.347 e. The molecule has 0 bridgehead atoms. The highest BCUT2D eigenvalue weighted by molar-refractivity contribution is 5.14. The Balaban J connectivity index is 3.08. The van der Waals surface area contributed by atoms with E-state index in [1.165, 1.54) is 0 Å². The lowest BCUT2D eigenvalue weighted by Gasteiger charge is -2.12. The van der Waals surface area contributed by atoms with Gasteiger partial charge in [0, 0.05) is 21.5 Å². The second kappa shape index (κ2) is 2.49. The molecule has 0 aromatic carbocycles. The Labute approximate surface area is 66.9 Å². The molecule has 1 unspecified atom stereocenters. The van der Waals surface area contributed by atoms with Crippen molar-refractivity contribution in [3.8, 4) is 0 Å². The van der Waals surface area contributed by atoms with Crippen LogP contribution in [-0.2, 0) is 0 Å². The summed E-state index contributed by atoms with van der Waals surface area (Å²) in [6.45, 7) is 3.66. The first-order valence-corrected chi connectivity index (χ1v) is 3.48. The Morgan fingerprint density at radius 2 is 1.90 bits per heavy atom. The highest BCUT2D eigenvalue weighted by Gasteiger charge is 2.02. The summed E-state index contributed by atoms with van der Waals surface area (Å²) in [6.07, 6.45) is 0. The monoisotopic (exact) mass is 140 g/mol. The van der Waals surface area contributed by atoms with Crippen molar-refractivity contribution in [3.05, 3.63) is 23.5 Å².